The van der Waals surface area contributed by atoms with E-state index in [9.17, 15) is 0 Å². The molecule has 1 saturated carbocycles. The van der Waals surface area contributed by atoms with Gasteiger partial charge in [-0.15, -0.1) is 0 Å². The van der Waals surface area contributed by atoms with Crippen LogP contribution >= 0.6 is 0 Å². The van der Waals surface area contributed by atoms with Crippen LogP contribution in [0.25, 0.3) is 0 Å². The van der Waals surface area contributed by atoms with Crippen LogP contribution in [0.2, 0.25) is 0 Å². The highest BCUT2D eigenvalue weighted by Crippen LogP contribution is 2.26. The summed E-state index contributed by atoms with van der Waals surface area (Å²) in [6, 6.07) is 1.80. The van der Waals surface area contributed by atoms with Gasteiger partial charge in [-0.2, -0.15) is 0 Å². The molecule has 124 valence electrons. The van der Waals surface area contributed by atoms with Crippen molar-refractivity contribution in [2.75, 3.05) is 20.6 Å². The minimum absolute atomic E-state index is 0.397. The van der Waals surface area contributed by atoms with Crippen LogP contribution in [0.5, 0.6) is 0 Å². The van der Waals surface area contributed by atoms with Gasteiger partial charge in [-0.25, -0.2) is 0 Å². The van der Waals surface area contributed by atoms with Gasteiger partial charge in [0.1, 0.15) is 0 Å². The third kappa shape index (κ3) is 7.70. The summed E-state index contributed by atoms with van der Waals surface area (Å²) in [6.45, 7) is 12.3. The molecule has 0 spiro atoms. The van der Waals surface area contributed by atoms with Crippen molar-refractivity contribution in [3.05, 3.63) is 0 Å². The topological polar surface area (TPSA) is 39.7 Å². The first kappa shape index (κ1) is 18.3. The predicted molar refractivity (Wildman–Crippen MR) is 92.9 cm³/mol. The van der Waals surface area contributed by atoms with E-state index in [1.807, 2.05) is 7.05 Å². The van der Waals surface area contributed by atoms with Crippen molar-refractivity contribution < 1.29 is 0 Å². The lowest BCUT2D eigenvalue weighted by atomic mass is 9.89. The number of nitrogens with zero attached hydrogens (tertiary/aromatic N) is 2. The first-order valence-electron chi connectivity index (χ1n) is 8.42. The molecule has 0 heterocycles. The molecule has 0 bridgehead atoms. The third-order valence-corrected chi connectivity index (χ3v) is 4.32. The van der Waals surface area contributed by atoms with Crippen molar-refractivity contribution in [3.8, 4) is 0 Å². The normalized spacial score (nSPS) is 19.5. The van der Waals surface area contributed by atoms with Crippen LogP contribution in [-0.4, -0.2) is 49.6 Å². The number of likely N-dealkylation sites (N-methyl/N-ethyl adjacent to an activating group) is 1. The number of aliphatic imine (C=N–C) groups is 1. The van der Waals surface area contributed by atoms with E-state index in [0.29, 0.717) is 17.5 Å². The molecular weight excluding hydrogens is 260 g/mol. The molecule has 0 aromatic rings. The highest BCUT2D eigenvalue weighted by Gasteiger charge is 2.29. The minimum atomic E-state index is 0.397. The summed E-state index contributed by atoms with van der Waals surface area (Å²) < 4.78 is 0. The number of rotatable bonds is 7. The van der Waals surface area contributed by atoms with Crippen LogP contribution in [0.15, 0.2) is 4.99 Å². The zero-order valence-electron chi connectivity index (χ0n) is 15.2. The molecule has 1 aliphatic rings. The second-order valence-corrected chi connectivity index (χ2v) is 7.84. The van der Waals surface area contributed by atoms with Gasteiger partial charge in [-0.3, -0.25) is 9.89 Å². The van der Waals surface area contributed by atoms with E-state index in [1.54, 1.807) is 0 Å². The van der Waals surface area contributed by atoms with Gasteiger partial charge < -0.3 is 10.6 Å². The van der Waals surface area contributed by atoms with E-state index in [2.05, 4.69) is 62.2 Å². The van der Waals surface area contributed by atoms with Crippen molar-refractivity contribution >= 4 is 5.96 Å². The number of guanidine groups is 1. The Balaban J connectivity index is 2.27. The fraction of sp³-hybridized carbons (Fsp3) is 0.941. The summed E-state index contributed by atoms with van der Waals surface area (Å²) >= 11 is 0. The minimum Gasteiger partial charge on any atom is -0.355 e. The van der Waals surface area contributed by atoms with Crippen molar-refractivity contribution in [2.24, 2.45) is 10.4 Å². The summed E-state index contributed by atoms with van der Waals surface area (Å²) in [4.78, 5) is 6.82. The molecular formula is C17H36N4. The number of nitrogens with one attached hydrogen (secondary N) is 2. The lowest BCUT2D eigenvalue weighted by Crippen LogP contribution is -2.47. The summed E-state index contributed by atoms with van der Waals surface area (Å²) in [5.41, 5.74) is 0.397. The molecule has 0 saturated heterocycles. The third-order valence-electron chi connectivity index (χ3n) is 4.32. The van der Waals surface area contributed by atoms with Gasteiger partial charge in [0.2, 0.25) is 0 Å². The van der Waals surface area contributed by atoms with E-state index < -0.39 is 0 Å². The zero-order valence-corrected chi connectivity index (χ0v) is 15.2. The SMILES string of the molecule is CN=C(NCC(C)N(C)C1CC1)NC(C)CCC(C)(C)C. The first-order chi connectivity index (χ1) is 9.73. The number of hydrogen-bond donors (Lipinski definition) is 2. The summed E-state index contributed by atoms with van der Waals surface area (Å²) in [6.07, 6.45) is 5.11. The molecule has 0 amide bonds. The molecule has 0 aromatic carbocycles. The summed E-state index contributed by atoms with van der Waals surface area (Å²) in [5.74, 6) is 0.924. The fourth-order valence-corrected chi connectivity index (χ4v) is 2.38. The molecule has 1 aliphatic carbocycles. The second kappa shape index (κ2) is 8.02. The highest BCUT2D eigenvalue weighted by atomic mass is 15.2. The monoisotopic (exact) mass is 296 g/mol. The van der Waals surface area contributed by atoms with Crippen LogP contribution in [0.1, 0.15) is 60.3 Å². The Hall–Kier alpha value is -0.770. The first-order valence-corrected chi connectivity index (χ1v) is 8.42. The van der Waals surface area contributed by atoms with Gasteiger partial charge in [0.05, 0.1) is 0 Å². The Bertz CT molecular complexity index is 328. The number of hydrogen-bond acceptors (Lipinski definition) is 2. The highest BCUT2D eigenvalue weighted by molar-refractivity contribution is 5.79. The molecule has 0 aliphatic heterocycles. The van der Waals surface area contributed by atoms with Gasteiger partial charge in [-0.05, 0) is 52.0 Å². The van der Waals surface area contributed by atoms with E-state index in [1.165, 1.54) is 25.7 Å². The molecule has 1 fully saturated rings. The van der Waals surface area contributed by atoms with E-state index in [4.69, 9.17) is 0 Å². The quantitative estimate of drug-likeness (QED) is 0.560. The van der Waals surface area contributed by atoms with Gasteiger partial charge in [0.15, 0.2) is 5.96 Å². The Morgan fingerprint density at radius 1 is 1.29 bits per heavy atom. The summed E-state index contributed by atoms with van der Waals surface area (Å²) in [7, 11) is 4.08. The van der Waals surface area contributed by atoms with Crippen LogP contribution in [-0.2, 0) is 0 Å². The van der Waals surface area contributed by atoms with Crippen LogP contribution in [0.3, 0.4) is 0 Å². The average molecular weight is 297 g/mol. The van der Waals surface area contributed by atoms with Gasteiger partial charge in [0.25, 0.3) is 0 Å². The molecule has 2 N–H and O–H groups in total. The Labute approximate surface area is 131 Å². The smallest absolute Gasteiger partial charge is 0.191 e. The maximum atomic E-state index is 4.34. The fourth-order valence-electron chi connectivity index (χ4n) is 2.38. The Morgan fingerprint density at radius 2 is 1.90 bits per heavy atom. The van der Waals surface area contributed by atoms with Crippen molar-refractivity contribution in [1.82, 2.24) is 15.5 Å². The molecule has 1 rings (SSSR count). The van der Waals surface area contributed by atoms with Crippen molar-refractivity contribution in [1.29, 1.82) is 0 Å². The maximum Gasteiger partial charge on any atom is 0.191 e. The van der Waals surface area contributed by atoms with Crippen molar-refractivity contribution in [3.63, 3.8) is 0 Å². The van der Waals surface area contributed by atoms with Crippen LogP contribution in [0.4, 0.5) is 0 Å². The average Bonchev–Trinajstić information content (AvgIpc) is 3.23. The molecule has 4 heteroatoms. The van der Waals surface area contributed by atoms with Gasteiger partial charge in [-0.1, -0.05) is 20.8 Å². The van der Waals surface area contributed by atoms with Gasteiger partial charge >= 0.3 is 0 Å². The van der Waals surface area contributed by atoms with Gasteiger partial charge in [0, 0.05) is 31.7 Å². The largest absolute Gasteiger partial charge is 0.355 e. The maximum absolute atomic E-state index is 4.34. The molecule has 2 atom stereocenters. The molecule has 21 heavy (non-hydrogen) atoms. The molecule has 0 aromatic heterocycles. The molecule has 4 nitrogen and oxygen atoms in total. The standard InChI is InChI=1S/C17H36N4/c1-13(10-11-17(3,4)5)20-16(18-6)19-12-14(2)21(7)15-8-9-15/h13-15H,8-12H2,1-7H3,(H2,18,19,20). The van der Waals surface area contributed by atoms with E-state index in [-0.39, 0.29) is 0 Å². The van der Waals surface area contributed by atoms with Crippen LogP contribution < -0.4 is 10.6 Å². The second-order valence-electron chi connectivity index (χ2n) is 7.84. The lowest BCUT2D eigenvalue weighted by molar-refractivity contribution is 0.247. The zero-order chi connectivity index (χ0) is 16.0. The van der Waals surface area contributed by atoms with E-state index >= 15 is 0 Å². The van der Waals surface area contributed by atoms with Crippen molar-refractivity contribution in [2.45, 2.75) is 78.4 Å². The van der Waals surface area contributed by atoms with Crippen LogP contribution in [0, 0.1) is 5.41 Å². The predicted octanol–water partition coefficient (Wildman–Crippen LogP) is 2.85. The molecule has 0 radical (unpaired) electrons. The molecule has 2 unspecified atom stereocenters. The Kier molecular flexibility index (Phi) is 6.98. The van der Waals surface area contributed by atoms with E-state index in [0.717, 1.165) is 18.5 Å². The lowest BCUT2D eigenvalue weighted by Gasteiger charge is -2.27. The Morgan fingerprint density at radius 3 is 2.38 bits per heavy atom. The summed E-state index contributed by atoms with van der Waals surface area (Å²) in [5, 5.41) is 6.96.